The molecule has 0 atom stereocenters. The van der Waals surface area contributed by atoms with Gasteiger partial charge in [0.1, 0.15) is 0 Å². The van der Waals surface area contributed by atoms with Crippen LogP contribution in [0.15, 0.2) is 48.7 Å². The standard InChI is InChI=1S/C15H10Cl3N/c16-11-7-14(18)12-5-6-19(15(12)8-11)9-10-3-1-2-4-13(10)17/h1-8H,9H2. The molecule has 19 heavy (non-hydrogen) atoms. The van der Waals surface area contributed by atoms with Crippen molar-refractivity contribution in [3.63, 3.8) is 0 Å². The summed E-state index contributed by atoms with van der Waals surface area (Å²) in [4.78, 5) is 0. The third kappa shape index (κ3) is 2.46. The van der Waals surface area contributed by atoms with Gasteiger partial charge in [-0.1, -0.05) is 53.0 Å². The molecule has 1 heterocycles. The molecule has 0 spiro atoms. The molecular formula is C15H10Cl3N. The zero-order chi connectivity index (χ0) is 13.4. The fraction of sp³-hybridized carbons (Fsp3) is 0.0667. The Morgan fingerprint density at radius 1 is 0.895 bits per heavy atom. The molecule has 0 N–H and O–H groups in total. The van der Waals surface area contributed by atoms with Crippen molar-refractivity contribution in [3.8, 4) is 0 Å². The van der Waals surface area contributed by atoms with Crippen molar-refractivity contribution < 1.29 is 0 Å². The number of rotatable bonds is 2. The average molecular weight is 311 g/mol. The quantitative estimate of drug-likeness (QED) is 0.576. The van der Waals surface area contributed by atoms with E-state index in [4.69, 9.17) is 34.8 Å². The summed E-state index contributed by atoms with van der Waals surface area (Å²) in [6.07, 6.45) is 2.00. The molecule has 3 rings (SSSR count). The van der Waals surface area contributed by atoms with Gasteiger partial charge in [0.05, 0.1) is 10.5 Å². The van der Waals surface area contributed by atoms with E-state index in [9.17, 15) is 0 Å². The fourth-order valence-corrected chi connectivity index (χ4v) is 2.91. The van der Waals surface area contributed by atoms with Gasteiger partial charge in [0.2, 0.25) is 0 Å². The predicted molar refractivity (Wildman–Crippen MR) is 82.5 cm³/mol. The average Bonchev–Trinajstić information content (AvgIpc) is 2.76. The molecule has 0 radical (unpaired) electrons. The maximum atomic E-state index is 6.19. The highest BCUT2D eigenvalue weighted by molar-refractivity contribution is 6.38. The molecule has 0 bridgehead atoms. The van der Waals surface area contributed by atoms with Crippen LogP contribution in [-0.4, -0.2) is 4.57 Å². The predicted octanol–water partition coefficient (Wildman–Crippen LogP) is 5.65. The molecule has 0 aliphatic carbocycles. The molecule has 0 saturated carbocycles. The lowest BCUT2D eigenvalue weighted by Gasteiger charge is -2.08. The fourth-order valence-electron chi connectivity index (χ4n) is 2.17. The molecule has 1 nitrogen and oxygen atoms in total. The van der Waals surface area contributed by atoms with E-state index < -0.39 is 0 Å². The Kier molecular flexibility index (Phi) is 3.44. The first kappa shape index (κ1) is 12.9. The first-order chi connectivity index (χ1) is 9.15. The SMILES string of the molecule is Clc1cc(Cl)c2ccn(Cc3ccccc3Cl)c2c1. The van der Waals surface area contributed by atoms with Gasteiger partial charge in [-0.05, 0) is 29.8 Å². The minimum atomic E-state index is 0.636. The van der Waals surface area contributed by atoms with Crippen molar-refractivity contribution in [1.29, 1.82) is 0 Å². The van der Waals surface area contributed by atoms with Crippen molar-refractivity contribution in [2.45, 2.75) is 6.54 Å². The van der Waals surface area contributed by atoms with Gasteiger partial charge in [-0.15, -0.1) is 0 Å². The summed E-state index contributed by atoms with van der Waals surface area (Å²) < 4.78 is 2.09. The summed E-state index contributed by atoms with van der Waals surface area (Å²) in [6, 6.07) is 13.5. The van der Waals surface area contributed by atoms with Crippen LogP contribution in [0.25, 0.3) is 10.9 Å². The van der Waals surface area contributed by atoms with E-state index in [1.807, 2.05) is 42.6 Å². The summed E-state index contributed by atoms with van der Waals surface area (Å²) >= 11 is 18.4. The molecular weight excluding hydrogens is 301 g/mol. The van der Waals surface area contributed by atoms with Crippen LogP contribution >= 0.6 is 34.8 Å². The summed E-state index contributed by atoms with van der Waals surface area (Å²) in [5, 5.41) is 3.06. The Morgan fingerprint density at radius 3 is 2.47 bits per heavy atom. The van der Waals surface area contributed by atoms with Crippen LogP contribution in [0.4, 0.5) is 0 Å². The Bertz CT molecular complexity index is 746. The zero-order valence-electron chi connectivity index (χ0n) is 9.91. The van der Waals surface area contributed by atoms with E-state index in [1.54, 1.807) is 6.07 Å². The van der Waals surface area contributed by atoms with Crippen molar-refractivity contribution in [2.75, 3.05) is 0 Å². The van der Waals surface area contributed by atoms with Crippen molar-refractivity contribution in [1.82, 2.24) is 4.57 Å². The van der Waals surface area contributed by atoms with Gasteiger partial charge in [0.25, 0.3) is 0 Å². The second-order valence-corrected chi connectivity index (χ2v) is 5.61. The summed E-state index contributed by atoms with van der Waals surface area (Å²) in [6.45, 7) is 0.694. The number of hydrogen-bond acceptors (Lipinski definition) is 0. The smallest absolute Gasteiger partial charge is 0.0514 e. The van der Waals surface area contributed by atoms with Crippen molar-refractivity contribution in [2.24, 2.45) is 0 Å². The molecule has 0 aliphatic heterocycles. The molecule has 0 fully saturated rings. The number of aromatic nitrogens is 1. The van der Waals surface area contributed by atoms with Crippen LogP contribution in [0.3, 0.4) is 0 Å². The van der Waals surface area contributed by atoms with Gasteiger partial charge in [-0.3, -0.25) is 0 Å². The second kappa shape index (κ2) is 5.09. The molecule has 0 unspecified atom stereocenters. The molecule has 2 aromatic carbocycles. The molecule has 3 aromatic rings. The van der Waals surface area contributed by atoms with Gasteiger partial charge in [0.15, 0.2) is 0 Å². The minimum Gasteiger partial charge on any atom is -0.343 e. The van der Waals surface area contributed by atoms with Crippen LogP contribution in [0, 0.1) is 0 Å². The Hall–Kier alpha value is -1.15. The molecule has 1 aromatic heterocycles. The van der Waals surface area contributed by atoms with Crippen LogP contribution in [0.2, 0.25) is 15.1 Å². The van der Waals surface area contributed by atoms with Crippen molar-refractivity contribution >= 4 is 45.7 Å². The van der Waals surface area contributed by atoms with E-state index >= 15 is 0 Å². The molecule has 0 amide bonds. The topological polar surface area (TPSA) is 4.93 Å². The lowest BCUT2D eigenvalue weighted by molar-refractivity contribution is 0.837. The van der Waals surface area contributed by atoms with Gasteiger partial charge < -0.3 is 4.57 Å². The summed E-state index contributed by atoms with van der Waals surface area (Å²) in [7, 11) is 0. The molecule has 0 aliphatic rings. The third-order valence-corrected chi connectivity index (χ3v) is 4.00. The van der Waals surface area contributed by atoms with Crippen LogP contribution < -0.4 is 0 Å². The lowest BCUT2D eigenvalue weighted by Crippen LogP contribution is -1.98. The van der Waals surface area contributed by atoms with Crippen molar-refractivity contribution in [3.05, 3.63) is 69.3 Å². The highest BCUT2D eigenvalue weighted by Gasteiger charge is 2.08. The summed E-state index contributed by atoms with van der Waals surface area (Å²) in [5.74, 6) is 0. The lowest BCUT2D eigenvalue weighted by atomic mass is 10.2. The van der Waals surface area contributed by atoms with E-state index in [0.717, 1.165) is 21.5 Å². The van der Waals surface area contributed by atoms with Crippen LogP contribution in [0.5, 0.6) is 0 Å². The molecule has 96 valence electrons. The highest BCUT2D eigenvalue weighted by Crippen LogP contribution is 2.29. The highest BCUT2D eigenvalue weighted by atomic mass is 35.5. The monoisotopic (exact) mass is 309 g/mol. The molecule has 0 saturated heterocycles. The Balaban J connectivity index is 2.09. The normalized spacial score (nSPS) is 11.1. The number of benzene rings is 2. The number of fused-ring (bicyclic) bond motifs is 1. The van der Waals surface area contributed by atoms with E-state index in [2.05, 4.69) is 4.57 Å². The maximum Gasteiger partial charge on any atom is 0.0514 e. The third-order valence-electron chi connectivity index (χ3n) is 3.10. The van der Waals surface area contributed by atoms with Crippen LogP contribution in [0.1, 0.15) is 5.56 Å². The van der Waals surface area contributed by atoms with Gasteiger partial charge >= 0.3 is 0 Å². The summed E-state index contributed by atoms with van der Waals surface area (Å²) in [5.41, 5.74) is 2.08. The number of hydrogen-bond donors (Lipinski definition) is 0. The number of nitrogens with zero attached hydrogens (tertiary/aromatic N) is 1. The minimum absolute atomic E-state index is 0.636. The van der Waals surface area contributed by atoms with E-state index in [1.165, 1.54) is 0 Å². The first-order valence-electron chi connectivity index (χ1n) is 5.82. The van der Waals surface area contributed by atoms with Gasteiger partial charge in [-0.25, -0.2) is 0 Å². The largest absolute Gasteiger partial charge is 0.343 e. The maximum absolute atomic E-state index is 6.19. The number of halogens is 3. The van der Waals surface area contributed by atoms with E-state index in [0.29, 0.717) is 16.6 Å². The molecule has 4 heteroatoms. The van der Waals surface area contributed by atoms with Gasteiger partial charge in [0, 0.05) is 28.2 Å². The zero-order valence-corrected chi connectivity index (χ0v) is 12.2. The Labute approximate surface area is 126 Å². The van der Waals surface area contributed by atoms with Crippen LogP contribution in [-0.2, 0) is 6.54 Å². The Morgan fingerprint density at radius 2 is 1.68 bits per heavy atom. The first-order valence-corrected chi connectivity index (χ1v) is 6.96. The van der Waals surface area contributed by atoms with E-state index in [-0.39, 0.29) is 0 Å². The second-order valence-electron chi connectivity index (χ2n) is 4.36. The van der Waals surface area contributed by atoms with Gasteiger partial charge in [-0.2, -0.15) is 0 Å².